The predicted octanol–water partition coefficient (Wildman–Crippen LogP) is 5.13. The van der Waals surface area contributed by atoms with Gasteiger partial charge >= 0.3 is 0 Å². The van der Waals surface area contributed by atoms with Crippen LogP contribution < -0.4 is 10.6 Å². The highest BCUT2D eigenvalue weighted by molar-refractivity contribution is 5.94. The second-order valence-electron chi connectivity index (χ2n) is 7.01. The highest BCUT2D eigenvalue weighted by atomic mass is 16.1. The number of aromatic nitrogens is 2. The maximum Gasteiger partial charge on any atom is 0.251 e. The number of nitrogens with one attached hydrogen (secondary N) is 2. The van der Waals surface area contributed by atoms with Gasteiger partial charge in [0.1, 0.15) is 5.82 Å². The first-order valence-corrected chi connectivity index (χ1v) is 9.77. The standard InChI is InChI=1S/C25H22N4O/c1-18-6-5-9-21(16-18)24-26-15-14-23(29-24)28-22-12-10-20(11-13-22)25(30)27-17-19-7-3-2-4-8-19/h2-16H,17H2,1H3,(H,27,30)(H,26,28,29). The number of amides is 1. The quantitative estimate of drug-likeness (QED) is 0.476. The van der Waals surface area contributed by atoms with Gasteiger partial charge in [0.15, 0.2) is 5.82 Å². The normalized spacial score (nSPS) is 10.4. The second kappa shape index (κ2) is 9.01. The summed E-state index contributed by atoms with van der Waals surface area (Å²) in [5, 5.41) is 6.20. The maximum absolute atomic E-state index is 12.4. The first kappa shape index (κ1) is 19.3. The zero-order valence-corrected chi connectivity index (χ0v) is 16.7. The molecule has 30 heavy (non-hydrogen) atoms. The van der Waals surface area contributed by atoms with Crippen LogP contribution in [-0.2, 0) is 6.54 Å². The molecule has 2 N–H and O–H groups in total. The van der Waals surface area contributed by atoms with Gasteiger partial charge in [-0.05, 0) is 48.9 Å². The monoisotopic (exact) mass is 394 g/mol. The summed E-state index contributed by atoms with van der Waals surface area (Å²) in [6.07, 6.45) is 1.73. The molecule has 0 saturated carbocycles. The Kier molecular flexibility index (Phi) is 5.80. The molecule has 0 fully saturated rings. The molecule has 4 aromatic rings. The maximum atomic E-state index is 12.4. The molecule has 3 aromatic carbocycles. The van der Waals surface area contributed by atoms with Crippen LogP contribution in [0.15, 0.2) is 91.1 Å². The van der Waals surface area contributed by atoms with E-state index in [2.05, 4.69) is 26.7 Å². The zero-order valence-electron chi connectivity index (χ0n) is 16.7. The first-order valence-electron chi connectivity index (χ1n) is 9.77. The third kappa shape index (κ3) is 4.89. The zero-order chi connectivity index (χ0) is 20.8. The average Bonchev–Trinajstić information content (AvgIpc) is 2.79. The van der Waals surface area contributed by atoms with Gasteiger partial charge < -0.3 is 10.6 Å². The molecule has 0 saturated heterocycles. The van der Waals surface area contributed by atoms with Crippen molar-refractivity contribution in [2.75, 3.05) is 5.32 Å². The van der Waals surface area contributed by atoms with E-state index in [9.17, 15) is 4.79 Å². The molecule has 5 nitrogen and oxygen atoms in total. The van der Waals surface area contributed by atoms with Gasteiger partial charge in [-0.25, -0.2) is 9.97 Å². The Morgan fingerprint density at radius 1 is 0.900 bits per heavy atom. The number of hydrogen-bond donors (Lipinski definition) is 2. The van der Waals surface area contributed by atoms with Crippen LogP contribution in [0.4, 0.5) is 11.5 Å². The largest absolute Gasteiger partial charge is 0.348 e. The van der Waals surface area contributed by atoms with Crippen LogP contribution in [0.5, 0.6) is 0 Å². The summed E-state index contributed by atoms with van der Waals surface area (Å²) in [5.41, 5.74) is 4.67. The molecular weight excluding hydrogens is 372 g/mol. The molecule has 0 spiro atoms. The fourth-order valence-corrected chi connectivity index (χ4v) is 3.08. The molecule has 148 valence electrons. The van der Waals surface area contributed by atoms with Gasteiger partial charge in [0.25, 0.3) is 5.91 Å². The number of rotatable bonds is 6. The van der Waals surface area contributed by atoms with Crippen LogP contribution in [0, 0.1) is 6.92 Å². The fraction of sp³-hybridized carbons (Fsp3) is 0.0800. The Bertz CT molecular complexity index is 1140. The Balaban J connectivity index is 1.41. The van der Waals surface area contributed by atoms with Crippen LogP contribution in [0.3, 0.4) is 0 Å². The van der Waals surface area contributed by atoms with Crippen LogP contribution in [0.1, 0.15) is 21.5 Å². The summed E-state index contributed by atoms with van der Waals surface area (Å²) in [5.74, 6) is 1.26. The Hall–Kier alpha value is -3.99. The van der Waals surface area contributed by atoms with Gasteiger partial charge in [-0.15, -0.1) is 0 Å². The predicted molar refractivity (Wildman–Crippen MR) is 120 cm³/mol. The van der Waals surface area contributed by atoms with E-state index in [0.717, 1.165) is 22.4 Å². The number of nitrogens with zero attached hydrogens (tertiary/aromatic N) is 2. The average molecular weight is 394 g/mol. The number of carbonyl (C=O) groups is 1. The van der Waals surface area contributed by atoms with E-state index < -0.39 is 0 Å². The molecular formula is C25H22N4O. The SMILES string of the molecule is Cc1cccc(-c2nccc(Nc3ccc(C(=O)NCc4ccccc4)cc3)n2)c1. The van der Waals surface area contributed by atoms with Gasteiger partial charge in [0, 0.05) is 29.6 Å². The lowest BCUT2D eigenvalue weighted by Crippen LogP contribution is -2.22. The van der Waals surface area contributed by atoms with Crippen LogP contribution >= 0.6 is 0 Å². The molecule has 0 unspecified atom stereocenters. The summed E-state index contributed by atoms with van der Waals surface area (Å²) >= 11 is 0. The minimum Gasteiger partial charge on any atom is -0.348 e. The summed E-state index contributed by atoms with van der Waals surface area (Å²) < 4.78 is 0. The smallest absolute Gasteiger partial charge is 0.251 e. The molecule has 0 atom stereocenters. The molecule has 1 heterocycles. The summed E-state index contributed by atoms with van der Waals surface area (Å²) in [4.78, 5) is 21.3. The van der Waals surface area contributed by atoms with Crippen molar-refractivity contribution < 1.29 is 4.79 Å². The first-order chi connectivity index (χ1) is 14.7. The third-order valence-electron chi connectivity index (χ3n) is 4.65. The van der Waals surface area contributed by atoms with Gasteiger partial charge in [-0.3, -0.25) is 4.79 Å². The summed E-state index contributed by atoms with van der Waals surface area (Å²) in [6.45, 7) is 2.55. The molecule has 4 rings (SSSR count). The molecule has 1 aromatic heterocycles. The van der Waals surface area contributed by atoms with E-state index in [4.69, 9.17) is 0 Å². The van der Waals surface area contributed by atoms with Crippen molar-refractivity contribution in [1.29, 1.82) is 0 Å². The van der Waals surface area contributed by atoms with Gasteiger partial charge in [-0.1, -0.05) is 54.1 Å². The topological polar surface area (TPSA) is 66.9 Å². The number of carbonyl (C=O) groups excluding carboxylic acids is 1. The van der Waals surface area contributed by atoms with Gasteiger partial charge in [-0.2, -0.15) is 0 Å². The van der Waals surface area contributed by atoms with Crippen molar-refractivity contribution >= 4 is 17.4 Å². The van der Waals surface area contributed by atoms with Crippen molar-refractivity contribution in [2.24, 2.45) is 0 Å². The number of aryl methyl sites for hydroxylation is 1. The van der Waals surface area contributed by atoms with Crippen LogP contribution in [-0.4, -0.2) is 15.9 Å². The highest BCUT2D eigenvalue weighted by Crippen LogP contribution is 2.20. The van der Waals surface area contributed by atoms with Gasteiger partial charge in [0.05, 0.1) is 0 Å². The minimum absolute atomic E-state index is 0.103. The summed E-state index contributed by atoms with van der Waals surface area (Å²) in [6, 6.07) is 27.1. The molecule has 0 aliphatic heterocycles. The van der Waals surface area contributed by atoms with E-state index in [-0.39, 0.29) is 5.91 Å². The lowest BCUT2D eigenvalue weighted by molar-refractivity contribution is 0.0951. The van der Waals surface area contributed by atoms with Crippen molar-refractivity contribution in [3.63, 3.8) is 0 Å². The number of benzene rings is 3. The Morgan fingerprint density at radius 2 is 1.70 bits per heavy atom. The van der Waals surface area contributed by atoms with Gasteiger partial charge in [0.2, 0.25) is 0 Å². The van der Waals surface area contributed by atoms with Crippen molar-refractivity contribution in [3.8, 4) is 11.4 Å². The third-order valence-corrected chi connectivity index (χ3v) is 4.65. The molecule has 1 amide bonds. The van der Waals surface area contributed by atoms with Crippen LogP contribution in [0.25, 0.3) is 11.4 Å². The van der Waals surface area contributed by atoms with E-state index in [1.807, 2.05) is 73.7 Å². The van der Waals surface area contributed by atoms with Crippen molar-refractivity contribution in [3.05, 3.63) is 108 Å². The molecule has 5 heteroatoms. The fourth-order valence-electron chi connectivity index (χ4n) is 3.08. The van der Waals surface area contributed by atoms with Crippen molar-refractivity contribution in [2.45, 2.75) is 13.5 Å². The molecule has 0 radical (unpaired) electrons. The van der Waals surface area contributed by atoms with E-state index >= 15 is 0 Å². The number of anilines is 2. The van der Waals surface area contributed by atoms with E-state index in [1.54, 1.807) is 18.3 Å². The lowest BCUT2D eigenvalue weighted by Gasteiger charge is -2.09. The molecule has 0 aliphatic carbocycles. The van der Waals surface area contributed by atoms with Crippen molar-refractivity contribution in [1.82, 2.24) is 15.3 Å². The Labute approximate surface area is 175 Å². The highest BCUT2D eigenvalue weighted by Gasteiger charge is 2.07. The van der Waals surface area contributed by atoms with Crippen LogP contribution in [0.2, 0.25) is 0 Å². The second-order valence-corrected chi connectivity index (χ2v) is 7.01. The Morgan fingerprint density at radius 3 is 2.47 bits per heavy atom. The minimum atomic E-state index is -0.103. The summed E-state index contributed by atoms with van der Waals surface area (Å²) in [7, 11) is 0. The van der Waals surface area contributed by atoms with E-state index in [1.165, 1.54) is 0 Å². The molecule has 0 aliphatic rings. The van der Waals surface area contributed by atoms with E-state index in [0.29, 0.717) is 23.8 Å². The lowest BCUT2D eigenvalue weighted by atomic mass is 10.1. The number of hydrogen-bond acceptors (Lipinski definition) is 4. The molecule has 0 bridgehead atoms.